The average Bonchev–Trinajstić information content (AvgIpc) is 3.22. The summed E-state index contributed by atoms with van der Waals surface area (Å²) >= 11 is 0. The van der Waals surface area contributed by atoms with Gasteiger partial charge in [-0.25, -0.2) is 9.59 Å². The van der Waals surface area contributed by atoms with Crippen LogP contribution in [0.2, 0.25) is 0 Å². The number of hydrogen-bond donors (Lipinski definition) is 4. The van der Waals surface area contributed by atoms with E-state index < -0.39 is 144 Å². The van der Waals surface area contributed by atoms with Gasteiger partial charge >= 0.3 is 11.9 Å². The molecular weight excluding hydrogens is 774 g/mol. The van der Waals surface area contributed by atoms with Gasteiger partial charge in [0.1, 0.15) is 41.6 Å². The lowest BCUT2D eigenvalue weighted by Crippen LogP contribution is -2.63. The lowest BCUT2D eigenvalue weighted by molar-refractivity contribution is -0.161. The first-order valence-electron chi connectivity index (χ1n) is 18.2. The Labute approximate surface area is 330 Å². The highest BCUT2D eigenvalue weighted by molar-refractivity contribution is 6.24. The molecule has 0 saturated carbocycles. The number of pyridine rings is 1. The molecule has 1 aliphatic heterocycles. The number of fused-ring (bicyclic) bond motifs is 6. The molecule has 0 bridgehead atoms. The van der Waals surface area contributed by atoms with Crippen LogP contribution in [0.15, 0.2) is 54.3 Å². The number of aromatic nitrogens is 1. The number of methoxy groups -OCH3 is 2. The second kappa shape index (κ2) is 14.5. The van der Waals surface area contributed by atoms with E-state index in [4.69, 9.17) is 9.47 Å². The van der Waals surface area contributed by atoms with Crippen LogP contribution in [0.4, 0.5) is 0 Å². The minimum Gasteiger partial charge on any atom is -0.507 e. The van der Waals surface area contributed by atoms with E-state index in [1.807, 2.05) is 0 Å². The van der Waals surface area contributed by atoms with E-state index in [2.05, 4.69) is 10.1 Å². The molecule has 0 radical (unpaired) electrons. The minimum absolute atomic E-state index is 0.114. The van der Waals surface area contributed by atoms with Gasteiger partial charge in [-0.2, -0.15) is 0 Å². The van der Waals surface area contributed by atoms with Crippen molar-refractivity contribution >= 4 is 77.6 Å². The first-order valence-corrected chi connectivity index (χ1v) is 18.2. The molecule has 1 aromatic heterocycles. The number of carbonyl (C=O) groups excluding carboxylic acids is 4. The molecule has 7 rings (SSSR count). The molecule has 2 amide bonds. The average molecular weight is 810 g/mol. The molecule has 0 spiro atoms. The van der Waals surface area contributed by atoms with E-state index in [1.165, 1.54) is 25.1 Å². The minimum atomic E-state index is -1.38. The van der Waals surface area contributed by atoms with Gasteiger partial charge in [0.2, 0.25) is 17.2 Å². The van der Waals surface area contributed by atoms with E-state index in [0.29, 0.717) is 6.42 Å². The molecule has 59 heavy (non-hydrogen) atoms. The van der Waals surface area contributed by atoms with Crippen molar-refractivity contribution in [3.63, 3.8) is 0 Å². The molecule has 1 aliphatic rings. The van der Waals surface area contributed by atoms with Gasteiger partial charge in [0.05, 0.1) is 47.7 Å². The summed E-state index contributed by atoms with van der Waals surface area (Å²) in [6.45, 7) is 3.05. The van der Waals surface area contributed by atoms with E-state index in [1.54, 1.807) is 13.8 Å². The van der Waals surface area contributed by atoms with E-state index >= 15 is 0 Å². The van der Waals surface area contributed by atoms with Gasteiger partial charge in [-0.3, -0.25) is 33.6 Å². The van der Waals surface area contributed by atoms with Crippen molar-refractivity contribution in [2.45, 2.75) is 51.7 Å². The van der Waals surface area contributed by atoms with Crippen molar-refractivity contribution in [1.29, 1.82) is 0 Å². The molecule has 2 heterocycles. The molecular formula is C41H35N3O15. The number of phenolic OH excluding ortho intramolecular Hbond substituents is 3. The second-order valence-corrected chi connectivity index (χ2v) is 14.2. The summed E-state index contributed by atoms with van der Waals surface area (Å²) in [6, 6.07) is 3.23. The SMILES string of the molecule is CCC(C)c1cc2c(O)c3ccc4c(OC)c5c(O)c6c(=O)ccc(=O)c6c(O)c5c(=O)c4c3c(=O)c2c(=O)n1CC(=O)N1CC(C(=O)OCC(=O)OC)NC(=O)C1C. The Balaban J connectivity index is 1.48. The maximum absolute atomic E-state index is 14.7. The monoisotopic (exact) mass is 809 g/mol. The van der Waals surface area contributed by atoms with Crippen molar-refractivity contribution in [3.8, 4) is 23.0 Å². The zero-order chi connectivity index (χ0) is 42.9. The maximum Gasteiger partial charge on any atom is 0.344 e. The molecule has 5 aromatic carbocycles. The fraction of sp³-hybridized carbons (Fsp3) is 0.293. The number of ether oxygens (including phenoxy) is 3. The van der Waals surface area contributed by atoms with E-state index in [-0.39, 0.29) is 27.6 Å². The van der Waals surface area contributed by atoms with Crippen molar-refractivity contribution in [3.05, 3.63) is 87.3 Å². The van der Waals surface area contributed by atoms with Gasteiger partial charge in [0.15, 0.2) is 22.9 Å². The normalized spacial score (nSPS) is 16.2. The third-order valence-electron chi connectivity index (χ3n) is 11.1. The standard InChI is InChI=1S/C41H35N3O15/c1-6-15(2)21-11-19-28(40(55)44(21)13-24(47)43-12-20(42-39(54)16(43)3)41(56)59-14-25(48)57-4)34(50)26-17(33(19)49)7-8-18-27(26)35(51)31-32(38(18)58-5)37(53)30-23(46)10-9-22(45)29(30)36(31)52/h7-11,15-16,20,49,52-53H,6,12-14H2,1-5H3,(H,42,54). The Kier molecular flexibility index (Phi) is 9.82. The molecule has 3 unspecified atom stereocenters. The van der Waals surface area contributed by atoms with Crippen molar-refractivity contribution in [1.82, 2.24) is 14.8 Å². The molecule has 18 nitrogen and oxygen atoms in total. The fourth-order valence-corrected chi connectivity index (χ4v) is 7.82. The summed E-state index contributed by atoms with van der Waals surface area (Å²) in [7, 11) is 2.25. The van der Waals surface area contributed by atoms with Crippen molar-refractivity contribution < 1.29 is 48.7 Å². The van der Waals surface area contributed by atoms with Gasteiger partial charge in [0, 0.05) is 32.6 Å². The van der Waals surface area contributed by atoms with E-state index in [0.717, 1.165) is 35.8 Å². The van der Waals surface area contributed by atoms with Crippen molar-refractivity contribution in [2.24, 2.45) is 0 Å². The summed E-state index contributed by atoms with van der Waals surface area (Å²) in [5.74, 6) is -6.51. The smallest absolute Gasteiger partial charge is 0.344 e. The van der Waals surface area contributed by atoms with Crippen molar-refractivity contribution in [2.75, 3.05) is 27.4 Å². The third-order valence-corrected chi connectivity index (χ3v) is 11.1. The second-order valence-electron chi connectivity index (χ2n) is 14.2. The van der Waals surface area contributed by atoms with Crippen LogP contribution < -0.4 is 37.3 Å². The Morgan fingerprint density at radius 2 is 1.39 bits per heavy atom. The Morgan fingerprint density at radius 1 is 0.797 bits per heavy atom. The van der Waals surface area contributed by atoms with Crippen LogP contribution in [0, 0.1) is 0 Å². The van der Waals surface area contributed by atoms with Crippen LogP contribution in [0.1, 0.15) is 38.8 Å². The Morgan fingerprint density at radius 3 is 2.00 bits per heavy atom. The molecule has 1 fully saturated rings. The molecule has 1 saturated heterocycles. The number of piperazine rings is 1. The number of carbonyl (C=O) groups is 4. The zero-order valence-corrected chi connectivity index (χ0v) is 32.1. The number of nitrogens with zero attached hydrogens (tertiary/aromatic N) is 2. The lowest BCUT2D eigenvalue weighted by Gasteiger charge is -2.37. The van der Waals surface area contributed by atoms with Gasteiger partial charge in [-0.05, 0) is 49.6 Å². The number of hydrogen-bond acceptors (Lipinski definition) is 15. The predicted molar refractivity (Wildman–Crippen MR) is 212 cm³/mol. The molecule has 3 atom stereocenters. The molecule has 4 N–H and O–H groups in total. The van der Waals surface area contributed by atoms with Crippen LogP contribution in [-0.2, 0) is 35.2 Å². The van der Waals surface area contributed by atoms with Gasteiger partial charge in [0.25, 0.3) is 5.56 Å². The number of esters is 2. The Bertz CT molecular complexity index is 3160. The number of rotatable bonds is 8. The van der Waals surface area contributed by atoms with Gasteiger partial charge < -0.3 is 44.3 Å². The molecule has 304 valence electrons. The summed E-state index contributed by atoms with van der Waals surface area (Å²) < 4.78 is 16.0. The molecule has 6 aromatic rings. The topological polar surface area (TPSA) is 262 Å². The maximum atomic E-state index is 14.7. The summed E-state index contributed by atoms with van der Waals surface area (Å²) in [5.41, 5.74) is -4.70. The number of amides is 2. The van der Waals surface area contributed by atoms with Gasteiger partial charge in [-0.1, -0.05) is 13.8 Å². The number of phenols is 3. The number of nitrogens with one attached hydrogen (secondary N) is 1. The lowest BCUT2D eigenvalue weighted by atomic mass is 9.91. The quantitative estimate of drug-likeness (QED) is 0.0724. The van der Waals surface area contributed by atoms with Gasteiger partial charge in [-0.15, -0.1) is 0 Å². The van der Waals surface area contributed by atoms with E-state index in [9.17, 15) is 58.5 Å². The van der Waals surface area contributed by atoms with Crippen LogP contribution in [-0.4, -0.2) is 88.0 Å². The highest BCUT2D eigenvalue weighted by Crippen LogP contribution is 2.46. The summed E-state index contributed by atoms with van der Waals surface area (Å²) in [4.78, 5) is 122. The zero-order valence-electron chi connectivity index (χ0n) is 32.1. The number of benzene rings is 5. The highest BCUT2D eigenvalue weighted by atomic mass is 16.6. The third kappa shape index (κ3) is 5.97. The molecule has 18 heteroatoms. The van der Waals surface area contributed by atoms with Crippen LogP contribution >= 0.6 is 0 Å². The highest BCUT2D eigenvalue weighted by Gasteiger charge is 2.39. The van der Waals surface area contributed by atoms with Crippen LogP contribution in [0.3, 0.4) is 0 Å². The first kappa shape index (κ1) is 39.8. The Hall–Kier alpha value is -7.37. The van der Waals surface area contributed by atoms with Crippen LogP contribution in [0.5, 0.6) is 23.0 Å². The summed E-state index contributed by atoms with van der Waals surface area (Å²) in [5, 5.41) is 32.6. The fourth-order valence-electron chi connectivity index (χ4n) is 7.82. The number of aromatic hydroxyl groups is 3. The first-order chi connectivity index (χ1) is 28.0. The predicted octanol–water partition coefficient (Wildman–Crippen LogP) is 1.00. The summed E-state index contributed by atoms with van der Waals surface area (Å²) in [6.07, 6.45) is 0.426. The van der Waals surface area contributed by atoms with Crippen LogP contribution in [0.25, 0.3) is 53.9 Å². The molecule has 0 aliphatic carbocycles. The largest absolute Gasteiger partial charge is 0.507 e.